The van der Waals surface area contributed by atoms with Gasteiger partial charge < -0.3 is 9.51 Å². The third kappa shape index (κ3) is 4.10. The van der Waals surface area contributed by atoms with E-state index in [4.69, 9.17) is 4.52 Å². The first-order valence-electron chi connectivity index (χ1n) is 9.72. The minimum absolute atomic E-state index is 0.182. The molecule has 7 nitrogen and oxygen atoms in total. The molecule has 3 heterocycles. The number of nitrogens with one attached hydrogen (secondary N) is 1. The lowest BCUT2D eigenvalue weighted by atomic mass is 10.2. The van der Waals surface area contributed by atoms with Gasteiger partial charge in [0.05, 0.1) is 17.1 Å². The highest BCUT2D eigenvalue weighted by molar-refractivity contribution is 7.99. The molecule has 0 bridgehead atoms. The molecule has 0 fully saturated rings. The van der Waals surface area contributed by atoms with Gasteiger partial charge in [0.15, 0.2) is 5.82 Å². The van der Waals surface area contributed by atoms with Gasteiger partial charge in [0.25, 0.3) is 5.56 Å². The van der Waals surface area contributed by atoms with Crippen LogP contribution in [0.1, 0.15) is 5.56 Å². The Hall–Kier alpha value is -3.98. The molecule has 158 valence electrons. The van der Waals surface area contributed by atoms with Gasteiger partial charge in [-0.05, 0) is 24.3 Å². The lowest BCUT2D eigenvalue weighted by molar-refractivity contribution is 0.421. The zero-order valence-electron chi connectivity index (χ0n) is 16.6. The third-order valence-corrected chi connectivity index (χ3v) is 5.76. The fourth-order valence-corrected chi connectivity index (χ4v) is 3.99. The van der Waals surface area contributed by atoms with Gasteiger partial charge in [-0.3, -0.25) is 9.48 Å². The quantitative estimate of drug-likeness (QED) is 0.410. The molecule has 32 heavy (non-hydrogen) atoms. The van der Waals surface area contributed by atoms with Gasteiger partial charge >= 0.3 is 0 Å². The van der Waals surface area contributed by atoms with Crippen molar-refractivity contribution in [3.8, 4) is 22.9 Å². The summed E-state index contributed by atoms with van der Waals surface area (Å²) < 4.78 is 20.8. The summed E-state index contributed by atoms with van der Waals surface area (Å²) in [5.74, 6) is -0.0195. The first-order valence-corrected chi connectivity index (χ1v) is 10.5. The molecule has 0 saturated heterocycles. The number of nitrogens with zero attached hydrogens (tertiary/aromatic N) is 4. The SMILES string of the molecule is O=c1[nH]c(-c2cc(-c3ccon3)n(Cc3ccccc3F)n2)ncc1Sc1ccccc1. The largest absolute Gasteiger partial charge is 0.364 e. The predicted octanol–water partition coefficient (Wildman–Crippen LogP) is 4.63. The predicted molar refractivity (Wildman–Crippen MR) is 118 cm³/mol. The maximum Gasteiger partial charge on any atom is 0.265 e. The zero-order chi connectivity index (χ0) is 21.9. The minimum Gasteiger partial charge on any atom is -0.364 e. The summed E-state index contributed by atoms with van der Waals surface area (Å²) in [7, 11) is 0. The monoisotopic (exact) mass is 445 g/mol. The van der Waals surface area contributed by atoms with Crippen molar-refractivity contribution in [1.82, 2.24) is 24.9 Å². The summed E-state index contributed by atoms with van der Waals surface area (Å²) in [6, 6.07) is 19.5. The number of benzene rings is 2. The maximum absolute atomic E-state index is 14.2. The van der Waals surface area contributed by atoms with E-state index in [-0.39, 0.29) is 17.9 Å². The molecule has 9 heteroatoms. The Balaban J connectivity index is 1.50. The van der Waals surface area contributed by atoms with E-state index in [0.29, 0.717) is 33.4 Å². The molecule has 5 aromatic rings. The smallest absolute Gasteiger partial charge is 0.265 e. The Kier molecular flexibility index (Phi) is 5.39. The van der Waals surface area contributed by atoms with E-state index in [9.17, 15) is 9.18 Å². The van der Waals surface area contributed by atoms with Crippen LogP contribution in [0.4, 0.5) is 4.39 Å². The molecule has 0 unspecified atom stereocenters. The van der Waals surface area contributed by atoms with Crippen molar-refractivity contribution in [3.63, 3.8) is 0 Å². The van der Waals surface area contributed by atoms with Gasteiger partial charge in [0.1, 0.15) is 23.5 Å². The molecule has 0 aliphatic heterocycles. The van der Waals surface area contributed by atoms with Crippen molar-refractivity contribution in [2.45, 2.75) is 16.3 Å². The average molecular weight is 445 g/mol. The van der Waals surface area contributed by atoms with Gasteiger partial charge in [-0.1, -0.05) is 53.3 Å². The summed E-state index contributed by atoms with van der Waals surface area (Å²) in [5.41, 5.74) is 1.80. The van der Waals surface area contributed by atoms with E-state index in [1.165, 1.54) is 30.3 Å². The first kappa shape index (κ1) is 20.0. The number of rotatable bonds is 6. The molecule has 1 N–H and O–H groups in total. The van der Waals surface area contributed by atoms with Crippen LogP contribution < -0.4 is 5.56 Å². The molecular formula is C23H16FN5O2S. The fraction of sp³-hybridized carbons (Fsp3) is 0.0435. The van der Waals surface area contributed by atoms with Crippen molar-refractivity contribution < 1.29 is 8.91 Å². The fourth-order valence-electron chi connectivity index (χ4n) is 3.19. The van der Waals surface area contributed by atoms with Gasteiger partial charge in [-0.15, -0.1) is 0 Å². The van der Waals surface area contributed by atoms with Crippen LogP contribution in [0.2, 0.25) is 0 Å². The second-order valence-corrected chi connectivity index (χ2v) is 8.00. The Morgan fingerprint density at radius 2 is 1.84 bits per heavy atom. The van der Waals surface area contributed by atoms with E-state index in [2.05, 4.69) is 20.2 Å². The van der Waals surface area contributed by atoms with Crippen LogP contribution in [0.3, 0.4) is 0 Å². The number of H-pyrrole nitrogens is 1. The number of aromatic amines is 1. The Labute approximate surface area is 185 Å². The number of aromatic nitrogens is 5. The van der Waals surface area contributed by atoms with Gasteiger partial charge in [0.2, 0.25) is 0 Å². The summed E-state index contributed by atoms with van der Waals surface area (Å²) >= 11 is 1.33. The first-order chi connectivity index (χ1) is 15.7. The molecule has 3 aromatic heterocycles. The standard InChI is InChI=1S/C23H16FN5O2S/c24-17-9-5-4-6-15(17)14-29-20(18-10-11-31-28-18)12-19(27-29)22-25-13-21(23(30)26-22)32-16-7-2-1-3-8-16/h1-13H,14H2,(H,25,26,30). The molecule has 0 atom stereocenters. The molecular weight excluding hydrogens is 429 g/mol. The highest BCUT2D eigenvalue weighted by Crippen LogP contribution is 2.26. The molecule has 2 aromatic carbocycles. The highest BCUT2D eigenvalue weighted by Gasteiger charge is 2.17. The average Bonchev–Trinajstić information content (AvgIpc) is 3.48. The lowest BCUT2D eigenvalue weighted by Gasteiger charge is -2.06. The maximum atomic E-state index is 14.2. The third-order valence-electron chi connectivity index (χ3n) is 4.74. The van der Waals surface area contributed by atoms with Crippen LogP contribution in [0.15, 0.2) is 98.3 Å². The molecule has 0 aliphatic carbocycles. The molecule has 0 aliphatic rings. The van der Waals surface area contributed by atoms with Gasteiger partial charge in [-0.25, -0.2) is 9.37 Å². The van der Waals surface area contributed by atoms with Crippen molar-refractivity contribution in [1.29, 1.82) is 0 Å². The van der Waals surface area contributed by atoms with Crippen molar-refractivity contribution in [2.75, 3.05) is 0 Å². The Bertz CT molecular complexity index is 1410. The highest BCUT2D eigenvalue weighted by atomic mass is 32.2. The van der Waals surface area contributed by atoms with E-state index >= 15 is 0 Å². The molecule has 0 radical (unpaired) electrons. The normalized spacial score (nSPS) is 11.0. The van der Waals surface area contributed by atoms with Crippen LogP contribution in [0.5, 0.6) is 0 Å². The Morgan fingerprint density at radius 3 is 2.59 bits per heavy atom. The van der Waals surface area contributed by atoms with E-state index in [1.54, 1.807) is 35.0 Å². The number of halogens is 1. The minimum atomic E-state index is -0.329. The van der Waals surface area contributed by atoms with E-state index < -0.39 is 0 Å². The van der Waals surface area contributed by atoms with Crippen molar-refractivity contribution >= 4 is 11.8 Å². The summed E-state index contributed by atoms with van der Waals surface area (Å²) in [6.07, 6.45) is 2.97. The van der Waals surface area contributed by atoms with Crippen molar-refractivity contribution in [3.05, 3.63) is 101 Å². The van der Waals surface area contributed by atoms with Crippen LogP contribution in [-0.2, 0) is 6.54 Å². The molecule has 0 spiro atoms. The summed E-state index contributed by atoms with van der Waals surface area (Å²) in [6.45, 7) is 0.182. The van der Waals surface area contributed by atoms with Crippen LogP contribution in [-0.4, -0.2) is 24.9 Å². The molecule has 5 rings (SSSR count). The Morgan fingerprint density at radius 1 is 1.03 bits per heavy atom. The second-order valence-electron chi connectivity index (χ2n) is 6.89. The van der Waals surface area contributed by atoms with Crippen LogP contribution in [0.25, 0.3) is 22.9 Å². The number of hydrogen-bond acceptors (Lipinski definition) is 6. The van der Waals surface area contributed by atoms with Crippen LogP contribution in [0, 0.1) is 5.82 Å². The van der Waals surface area contributed by atoms with E-state index in [0.717, 1.165) is 4.90 Å². The van der Waals surface area contributed by atoms with Crippen molar-refractivity contribution in [2.24, 2.45) is 0 Å². The second kappa shape index (κ2) is 8.64. The lowest BCUT2D eigenvalue weighted by Crippen LogP contribution is -2.11. The van der Waals surface area contributed by atoms with Gasteiger partial charge in [0, 0.05) is 22.7 Å². The summed E-state index contributed by atoms with van der Waals surface area (Å²) in [4.78, 5) is 21.2. The topological polar surface area (TPSA) is 89.6 Å². The number of hydrogen-bond donors (Lipinski definition) is 1. The summed E-state index contributed by atoms with van der Waals surface area (Å²) in [5, 5.41) is 8.53. The van der Waals surface area contributed by atoms with E-state index in [1.807, 2.05) is 30.3 Å². The molecule has 0 saturated carbocycles. The zero-order valence-corrected chi connectivity index (χ0v) is 17.4. The molecule has 0 amide bonds. The van der Waals surface area contributed by atoms with Gasteiger partial charge in [-0.2, -0.15) is 5.10 Å². The van der Waals surface area contributed by atoms with Crippen LogP contribution >= 0.6 is 11.8 Å².